The van der Waals surface area contributed by atoms with E-state index in [2.05, 4.69) is 0 Å². The molecule has 4 nitrogen and oxygen atoms in total. The maximum atomic E-state index is 9.41. The van der Waals surface area contributed by atoms with E-state index in [0.717, 1.165) is 0 Å². The van der Waals surface area contributed by atoms with Crippen molar-refractivity contribution in [1.82, 2.24) is 0 Å². The summed E-state index contributed by atoms with van der Waals surface area (Å²) in [4.78, 5) is 18.8. The van der Waals surface area contributed by atoms with Gasteiger partial charge in [0.05, 0.1) is 11.9 Å². The zero-order valence-corrected chi connectivity index (χ0v) is 7.14. The van der Waals surface area contributed by atoms with Gasteiger partial charge in [0.2, 0.25) is 0 Å². The first-order chi connectivity index (χ1) is 3.63. The second kappa shape index (κ2) is 5.61. The van der Waals surface area contributed by atoms with Crippen LogP contribution in [0, 0.1) is 0 Å². The van der Waals surface area contributed by atoms with Gasteiger partial charge in [-0.15, -0.1) is 0 Å². The number of carbonyl (C=O) groups excluding carboxylic acids is 2. The van der Waals surface area contributed by atoms with Gasteiger partial charge in [-0.1, -0.05) is 0 Å². The molecule has 9 heavy (non-hydrogen) atoms. The summed E-state index contributed by atoms with van der Waals surface area (Å²) in [5, 5.41) is 18.8. The average Bonchev–Trinajstić information content (AvgIpc) is 1.61. The molecule has 0 fully saturated rings. The van der Waals surface area contributed by atoms with E-state index in [-0.39, 0.29) is 23.9 Å². The Morgan fingerprint density at radius 1 is 1.00 bits per heavy atom. The summed E-state index contributed by atoms with van der Waals surface area (Å²) in [6.07, 6.45) is 0.769. The summed E-state index contributed by atoms with van der Waals surface area (Å²) in [6, 6.07) is 0. The van der Waals surface area contributed by atoms with Gasteiger partial charge in [-0.2, -0.15) is 0 Å². The number of carbonyl (C=O) groups is 2. The smallest absolute Gasteiger partial charge is 0.545 e. The number of carboxylic acid groups (broad SMARTS) is 2. The minimum absolute atomic E-state index is 0. The third kappa shape index (κ3) is 11.2. The van der Waals surface area contributed by atoms with E-state index in [0.29, 0.717) is 12.2 Å². The fraction of sp³-hybridized carbons (Fsp3) is 0. The first kappa shape index (κ1) is 11.3. The quantitative estimate of drug-likeness (QED) is 0.368. The van der Waals surface area contributed by atoms with Gasteiger partial charge in [0.15, 0.2) is 0 Å². The Hall–Kier alpha value is -0.521. The molecule has 0 aromatic rings. The summed E-state index contributed by atoms with van der Waals surface area (Å²) >= 11 is 0. The largest absolute Gasteiger partial charge is 2.00 e. The first-order valence-electron chi connectivity index (χ1n) is 1.73. The maximum absolute atomic E-state index is 9.41. The predicted molar refractivity (Wildman–Crippen MR) is 24.9 cm³/mol. The van der Waals surface area contributed by atoms with E-state index < -0.39 is 11.9 Å². The molecule has 0 atom stereocenters. The molecule has 0 N–H and O–H groups in total. The second-order valence-corrected chi connectivity index (χ2v) is 0.971. The molecule has 0 spiro atoms. The van der Waals surface area contributed by atoms with Crippen LogP contribution in [0.15, 0.2) is 12.2 Å². The molecule has 0 saturated carbocycles. The van der Waals surface area contributed by atoms with Crippen LogP contribution in [0.2, 0.25) is 0 Å². The molecule has 46 valence electrons. The van der Waals surface area contributed by atoms with Crippen LogP contribution in [-0.2, 0) is 9.59 Å². The molecule has 0 rings (SSSR count). The fourth-order valence-corrected chi connectivity index (χ4v) is 0.136. The van der Waals surface area contributed by atoms with Crippen molar-refractivity contribution in [1.29, 1.82) is 0 Å². The van der Waals surface area contributed by atoms with E-state index in [1.165, 1.54) is 0 Å². The van der Waals surface area contributed by atoms with E-state index >= 15 is 0 Å². The number of aliphatic carboxylic acids is 2. The molecule has 0 unspecified atom stereocenters. The van der Waals surface area contributed by atoms with Crippen LogP contribution in [0.5, 0.6) is 0 Å². The summed E-state index contributed by atoms with van der Waals surface area (Å²) in [5.74, 6) is -3.09. The zero-order chi connectivity index (χ0) is 6.57. The van der Waals surface area contributed by atoms with Crippen LogP contribution < -0.4 is 10.2 Å². The molecule has 0 aliphatic rings. The van der Waals surface area contributed by atoms with Crippen molar-refractivity contribution in [3.05, 3.63) is 12.2 Å². The topological polar surface area (TPSA) is 80.3 Å². The summed E-state index contributed by atoms with van der Waals surface area (Å²) in [7, 11) is 0. The molecular formula is C4H2O4Sn. The van der Waals surface area contributed by atoms with Crippen molar-refractivity contribution in [2.24, 2.45) is 0 Å². The Kier molecular flexibility index (Phi) is 7.05. The van der Waals surface area contributed by atoms with E-state index in [4.69, 9.17) is 0 Å². The predicted octanol–water partition coefficient (Wildman–Crippen LogP) is -3.34. The van der Waals surface area contributed by atoms with Gasteiger partial charge in [-0.05, 0) is 12.2 Å². The Morgan fingerprint density at radius 2 is 1.22 bits per heavy atom. The average molecular weight is 233 g/mol. The number of hydrogen-bond donors (Lipinski definition) is 0. The van der Waals surface area contributed by atoms with Gasteiger partial charge >= 0.3 is 23.9 Å². The third-order valence-electron chi connectivity index (χ3n) is 0.355. The molecule has 0 amide bonds. The van der Waals surface area contributed by atoms with Crippen LogP contribution in [0.1, 0.15) is 0 Å². The maximum Gasteiger partial charge on any atom is 2.00 e. The molecule has 0 aliphatic carbocycles. The van der Waals surface area contributed by atoms with Gasteiger partial charge in [0.25, 0.3) is 0 Å². The van der Waals surface area contributed by atoms with Crippen LogP contribution in [0.25, 0.3) is 0 Å². The molecular weight excluding hydrogens is 231 g/mol. The van der Waals surface area contributed by atoms with Gasteiger partial charge in [-0.3, -0.25) is 0 Å². The van der Waals surface area contributed by atoms with Gasteiger partial charge < -0.3 is 19.8 Å². The standard InChI is InChI=1S/C4H4O4.Sn/c5-3(6)1-2-4(7)8;/h1-2H,(H,5,6)(H,7,8);/q;+2/p-2. The summed E-state index contributed by atoms with van der Waals surface area (Å²) < 4.78 is 0. The minimum atomic E-state index is -1.55. The molecule has 0 aromatic heterocycles. The number of rotatable bonds is 2. The molecule has 0 aromatic carbocycles. The Labute approximate surface area is 68.1 Å². The summed E-state index contributed by atoms with van der Waals surface area (Å²) in [6.45, 7) is 0. The fourth-order valence-electron chi connectivity index (χ4n) is 0.136. The second-order valence-electron chi connectivity index (χ2n) is 0.971. The summed E-state index contributed by atoms with van der Waals surface area (Å²) in [5.41, 5.74) is 0. The normalized spacial score (nSPS) is 8.44. The van der Waals surface area contributed by atoms with Crippen molar-refractivity contribution >= 4 is 35.8 Å². The van der Waals surface area contributed by atoms with E-state index in [1.807, 2.05) is 0 Å². The van der Waals surface area contributed by atoms with Crippen molar-refractivity contribution in [2.75, 3.05) is 0 Å². The van der Waals surface area contributed by atoms with Crippen LogP contribution in [0.3, 0.4) is 0 Å². The van der Waals surface area contributed by atoms with E-state index in [1.54, 1.807) is 0 Å². The Morgan fingerprint density at radius 3 is 1.33 bits per heavy atom. The van der Waals surface area contributed by atoms with Crippen LogP contribution in [-0.4, -0.2) is 35.8 Å². The monoisotopic (exact) mass is 234 g/mol. The van der Waals surface area contributed by atoms with Gasteiger partial charge in [0, 0.05) is 0 Å². The SMILES string of the molecule is O=C([O-])C=CC(=O)[O-].[Sn+2]. The molecule has 2 radical (unpaired) electrons. The first-order valence-corrected chi connectivity index (χ1v) is 1.73. The molecule has 0 saturated heterocycles. The van der Waals surface area contributed by atoms with Crippen molar-refractivity contribution in [2.45, 2.75) is 0 Å². The van der Waals surface area contributed by atoms with Crippen LogP contribution in [0.4, 0.5) is 0 Å². The molecule has 0 aliphatic heterocycles. The van der Waals surface area contributed by atoms with Gasteiger partial charge in [0.1, 0.15) is 0 Å². The van der Waals surface area contributed by atoms with Crippen molar-refractivity contribution < 1.29 is 19.8 Å². The van der Waals surface area contributed by atoms with Gasteiger partial charge in [-0.25, -0.2) is 0 Å². The molecule has 0 heterocycles. The number of carboxylic acids is 2. The van der Waals surface area contributed by atoms with Crippen LogP contribution >= 0.6 is 0 Å². The Bertz CT molecular complexity index is 124. The minimum Gasteiger partial charge on any atom is -0.545 e. The Balaban J connectivity index is 0. The third-order valence-corrected chi connectivity index (χ3v) is 0.355. The van der Waals surface area contributed by atoms with Crippen molar-refractivity contribution in [3.63, 3.8) is 0 Å². The van der Waals surface area contributed by atoms with Crippen molar-refractivity contribution in [3.8, 4) is 0 Å². The zero-order valence-electron chi connectivity index (χ0n) is 4.29. The number of hydrogen-bond acceptors (Lipinski definition) is 4. The van der Waals surface area contributed by atoms with E-state index in [9.17, 15) is 19.8 Å². The molecule has 0 bridgehead atoms. The molecule has 5 heteroatoms.